The molecule has 0 fully saturated rings. The second-order valence-electron chi connectivity index (χ2n) is 7.92. The van der Waals surface area contributed by atoms with Gasteiger partial charge in [0.1, 0.15) is 12.0 Å². The zero-order valence-electron chi connectivity index (χ0n) is 14.7. The Hall–Kier alpha value is -1.77. The minimum absolute atomic E-state index is 0.153. The van der Waals surface area contributed by atoms with Crippen LogP contribution in [-0.2, 0) is 17.3 Å². The van der Waals surface area contributed by atoms with E-state index in [2.05, 4.69) is 53.5 Å². The topological polar surface area (TPSA) is 46.3 Å². The number of hydrogen-bond donors (Lipinski definition) is 1. The second kappa shape index (κ2) is 5.45. The zero-order chi connectivity index (χ0) is 16.7. The van der Waals surface area contributed by atoms with Crippen LogP contribution in [0.25, 0.3) is 11.5 Å². The number of phenols is 1. The van der Waals surface area contributed by atoms with E-state index in [4.69, 9.17) is 4.42 Å². The standard InChI is InChI=1S/C19H27NO2/c1-8-13-11-22-17(20-13)12-9-14(18(2,3)4)16(21)15(10-12)19(5,6)7/h9-11,21H,8H2,1-7H3. The van der Waals surface area contributed by atoms with Crippen molar-refractivity contribution >= 4 is 0 Å². The molecule has 2 rings (SSSR count). The van der Waals surface area contributed by atoms with E-state index in [0.717, 1.165) is 28.8 Å². The number of aryl methyl sites for hydroxylation is 1. The zero-order valence-corrected chi connectivity index (χ0v) is 14.7. The third kappa shape index (κ3) is 3.18. The van der Waals surface area contributed by atoms with Crippen LogP contribution in [0.3, 0.4) is 0 Å². The Balaban J connectivity index is 2.70. The van der Waals surface area contributed by atoms with Gasteiger partial charge in [-0.3, -0.25) is 0 Å². The molecule has 1 heterocycles. The molecule has 0 bridgehead atoms. The molecule has 1 aromatic heterocycles. The molecule has 3 nitrogen and oxygen atoms in total. The van der Waals surface area contributed by atoms with Gasteiger partial charge in [0.25, 0.3) is 0 Å². The van der Waals surface area contributed by atoms with Crippen molar-refractivity contribution in [2.75, 3.05) is 0 Å². The van der Waals surface area contributed by atoms with Gasteiger partial charge in [-0.15, -0.1) is 0 Å². The molecule has 0 aliphatic carbocycles. The Morgan fingerprint density at radius 3 is 1.86 bits per heavy atom. The fourth-order valence-corrected chi connectivity index (χ4v) is 2.50. The summed E-state index contributed by atoms with van der Waals surface area (Å²) in [4.78, 5) is 4.53. The smallest absolute Gasteiger partial charge is 0.226 e. The summed E-state index contributed by atoms with van der Waals surface area (Å²) < 4.78 is 5.62. The van der Waals surface area contributed by atoms with E-state index in [-0.39, 0.29) is 10.8 Å². The average molecular weight is 301 g/mol. The van der Waals surface area contributed by atoms with Crippen LogP contribution in [0.15, 0.2) is 22.8 Å². The molecule has 0 aliphatic rings. The van der Waals surface area contributed by atoms with Gasteiger partial charge in [0, 0.05) is 16.7 Å². The highest BCUT2D eigenvalue weighted by Gasteiger charge is 2.27. The molecule has 1 N–H and O–H groups in total. The summed E-state index contributed by atoms with van der Waals surface area (Å²) in [5.41, 5.74) is 3.41. The highest BCUT2D eigenvalue weighted by atomic mass is 16.3. The Bertz CT molecular complexity index is 634. The minimum atomic E-state index is -0.153. The maximum absolute atomic E-state index is 10.7. The minimum Gasteiger partial charge on any atom is -0.507 e. The molecule has 120 valence electrons. The molecule has 0 spiro atoms. The second-order valence-corrected chi connectivity index (χ2v) is 7.92. The highest BCUT2D eigenvalue weighted by molar-refractivity contribution is 5.63. The van der Waals surface area contributed by atoms with Crippen LogP contribution < -0.4 is 0 Å². The SMILES string of the molecule is CCc1coc(-c2cc(C(C)(C)C)c(O)c(C(C)(C)C)c2)n1. The van der Waals surface area contributed by atoms with Gasteiger partial charge in [-0.1, -0.05) is 48.5 Å². The number of oxazole rings is 1. The van der Waals surface area contributed by atoms with Gasteiger partial charge >= 0.3 is 0 Å². The maximum atomic E-state index is 10.7. The van der Waals surface area contributed by atoms with Gasteiger partial charge in [-0.05, 0) is 29.4 Å². The maximum Gasteiger partial charge on any atom is 0.226 e. The number of rotatable bonds is 2. The average Bonchev–Trinajstić information content (AvgIpc) is 2.85. The molecule has 0 atom stereocenters. The van der Waals surface area contributed by atoms with E-state index < -0.39 is 0 Å². The van der Waals surface area contributed by atoms with E-state index in [1.807, 2.05) is 12.1 Å². The molecular weight excluding hydrogens is 274 g/mol. The van der Waals surface area contributed by atoms with Crippen molar-refractivity contribution in [3.05, 3.63) is 35.2 Å². The molecular formula is C19H27NO2. The van der Waals surface area contributed by atoms with Gasteiger partial charge in [0.15, 0.2) is 0 Å². The number of hydrogen-bond acceptors (Lipinski definition) is 3. The number of phenolic OH excluding ortho intramolecular Hbond substituents is 1. The molecule has 0 unspecified atom stereocenters. The summed E-state index contributed by atoms with van der Waals surface area (Å²) >= 11 is 0. The lowest BCUT2D eigenvalue weighted by molar-refractivity contribution is 0.423. The van der Waals surface area contributed by atoms with Crippen molar-refractivity contribution < 1.29 is 9.52 Å². The van der Waals surface area contributed by atoms with Crippen LogP contribution in [0.1, 0.15) is 65.3 Å². The van der Waals surface area contributed by atoms with Gasteiger partial charge in [0.2, 0.25) is 5.89 Å². The number of nitrogens with zero attached hydrogens (tertiary/aromatic N) is 1. The first-order valence-electron chi connectivity index (χ1n) is 7.86. The summed E-state index contributed by atoms with van der Waals surface area (Å²) in [5.74, 6) is 0.999. The Kier molecular flexibility index (Phi) is 4.12. The summed E-state index contributed by atoms with van der Waals surface area (Å²) in [7, 11) is 0. The first kappa shape index (κ1) is 16.6. The molecule has 22 heavy (non-hydrogen) atoms. The van der Waals surface area contributed by atoms with Crippen molar-refractivity contribution in [2.45, 2.75) is 65.7 Å². The number of aromatic nitrogens is 1. The van der Waals surface area contributed by atoms with Crippen LogP contribution in [0.2, 0.25) is 0 Å². The van der Waals surface area contributed by atoms with Crippen LogP contribution >= 0.6 is 0 Å². The van der Waals surface area contributed by atoms with E-state index >= 15 is 0 Å². The van der Waals surface area contributed by atoms with Crippen molar-refractivity contribution in [1.82, 2.24) is 4.98 Å². The van der Waals surface area contributed by atoms with Crippen LogP contribution in [0, 0.1) is 0 Å². The van der Waals surface area contributed by atoms with Gasteiger partial charge in [0.05, 0.1) is 5.69 Å². The van der Waals surface area contributed by atoms with E-state index in [0.29, 0.717) is 11.6 Å². The largest absolute Gasteiger partial charge is 0.507 e. The van der Waals surface area contributed by atoms with Crippen molar-refractivity contribution in [2.24, 2.45) is 0 Å². The van der Waals surface area contributed by atoms with Gasteiger partial charge in [-0.2, -0.15) is 0 Å². The lowest BCUT2D eigenvalue weighted by atomic mass is 9.78. The summed E-state index contributed by atoms with van der Waals surface area (Å²) in [6.07, 6.45) is 2.55. The first-order chi connectivity index (χ1) is 10.0. The quantitative estimate of drug-likeness (QED) is 0.828. The van der Waals surface area contributed by atoms with Crippen molar-refractivity contribution in [3.63, 3.8) is 0 Å². The molecule has 0 saturated heterocycles. The molecule has 0 radical (unpaired) electrons. The molecule has 0 amide bonds. The summed E-state index contributed by atoms with van der Waals surface area (Å²) in [5, 5.41) is 10.7. The third-order valence-corrected chi connectivity index (χ3v) is 3.89. The first-order valence-corrected chi connectivity index (χ1v) is 7.86. The fourth-order valence-electron chi connectivity index (χ4n) is 2.50. The van der Waals surface area contributed by atoms with Gasteiger partial charge < -0.3 is 9.52 Å². The summed E-state index contributed by atoms with van der Waals surface area (Å²) in [6.45, 7) is 14.7. The molecule has 2 aromatic rings. The lowest BCUT2D eigenvalue weighted by Gasteiger charge is -2.27. The van der Waals surface area contributed by atoms with Crippen LogP contribution in [0.5, 0.6) is 5.75 Å². The normalized spacial score (nSPS) is 12.7. The molecule has 1 aromatic carbocycles. The predicted molar refractivity (Wildman–Crippen MR) is 90.4 cm³/mol. The van der Waals surface area contributed by atoms with Crippen LogP contribution in [-0.4, -0.2) is 10.1 Å². The van der Waals surface area contributed by atoms with E-state index in [9.17, 15) is 5.11 Å². The van der Waals surface area contributed by atoms with Crippen molar-refractivity contribution in [1.29, 1.82) is 0 Å². The Morgan fingerprint density at radius 1 is 1.00 bits per heavy atom. The predicted octanol–water partition coefficient (Wildman–Crippen LogP) is 5.20. The Labute approximate surface area is 133 Å². The monoisotopic (exact) mass is 301 g/mol. The fraction of sp³-hybridized carbons (Fsp3) is 0.526. The lowest BCUT2D eigenvalue weighted by Crippen LogP contribution is -2.17. The molecule has 3 heteroatoms. The number of aromatic hydroxyl groups is 1. The van der Waals surface area contributed by atoms with Crippen LogP contribution in [0.4, 0.5) is 0 Å². The third-order valence-electron chi connectivity index (χ3n) is 3.89. The van der Waals surface area contributed by atoms with E-state index in [1.54, 1.807) is 6.26 Å². The Morgan fingerprint density at radius 2 is 1.50 bits per heavy atom. The molecule has 0 aliphatic heterocycles. The van der Waals surface area contributed by atoms with Gasteiger partial charge in [-0.25, -0.2) is 4.98 Å². The van der Waals surface area contributed by atoms with E-state index in [1.165, 1.54) is 0 Å². The molecule has 0 saturated carbocycles. The highest BCUT2D eigenvalue weighted by Crippen LogP contribution is 2.41. The van der Waals surface area contributed by atoms with Crippen molar-refractivity contribution in [3.8, 4) is 17.2 Å². The number of benzene rings is 1. The summed E-state index contributed by atoms with van der Waals surface area (Å²) in [6, 6.07) is 3.99.